The molecule has 2 aliphatic heterocycles. The number of nitrogens with zero attached hydrogens (tertiary/aromatic N) is 1. The van der Waals surface area contributed by atoms with Crippen LogP contribution in [-0.2, 0) is 14.4 Å². The van der Waals surface area contributed by atoms with E-state index >= 15 is 0 Å². The molecule has 0 spiro atoms. The van der Waals surface area contributed by atoms with Crippen LogP contribution >= 0.6 is 0 Å². The number of ketones is 2. The first-order chi connectivity index (χ1) is 14.4. The number of aliphatic hydroxyl groups excluding tert-OH is 1. The molecule has 0 aromatic rings. The van der Waals surface area contributed by atoms with Crippen molar-refractivity contribution in [1.29, 1.82) is 0 Å². The van der Waals surface area contributed by atoms with Gasteiger partial charge in [0.1, 0.15) is 11.6 Å². The molecule has 30 heavy (non-hydrogen) atoms. The minimum absolute atomic E-state index is 0.0442. The normalized spacial score (nSPS) is 56.8. The highest BCUT2D eigenvalue weighted by Crippen LogP contribution is 2.67. The fourth-order valence-corrected chi connectivity index (χ4v) is 8.74. The Balaban J connectivity index is 1.30. The van der Waals surface area contributed by atoms with Gasteiger partial charge in [0.05, 0.1) is 24.8 Å². The van der Waals surface area contributed by atoms with E-state index < -0.39 is 0 Å². The van der Waals surface area contributed by atoms with Gasteiger partial charge in [-0.25, -0.2) is 0 Å². The van der Waals surface area contributed by atoms with E-state index in [1.54, 1.807) is 0 Å². The summed E-state index contributed by atoms with van der Waals surface area (Å²) in [6, 6.07) is 0.863. The molecule has 4 saturated carbocycles. The first-order valence-electron chi connectivity index (χ1n) is 12.2. The van der Waals surface area contributed by atoms with Crippen molar-refractivity contribution in [2.75, 3.05) is 19.7 Å². The summed E-state index contributed by atoms with van der Waals surface area (Å²) in [4.78, 5) is 32.8. The molecule has 6 fully saturated rings. The van der Waals surface area contributed by atoms with Gasteiger partial charge in [-0.15, -0.1) is 0 Å². The van der Waals surface area contributed by atoms with Gasteiger partial charge in [0.25, 0.3) is 0 Å². The van der Waals surface area contributed by atoms with Crippen LogP contribution < -0.4 is 5.32 Å². The van der Waals surface area contributed by atoms with E-state index in [1.165, 1.54) is 0 Å². The summed E-state index contributed by atoms with van der Waals surface area (Å²) in [6.45, 7) is 6.41. The molecule has 0 aromatic heterocycles. The van der Waals surface area contributed by atoms with Crippen molar-refractivity contribution in [1.82, 2.24) is 10.4 Å². The molecule has 6 nitrogen and oxygen atoms in total. The number of Topliss-reactive ketones (excluding diaryl/α,β-unsaturated/α-hetero) is 2. The molecule has 6 heteroatoms. The van der Waals surface area contributed by atoms with Crippen LogP contribution in [-0.4, -0.2) is 59.6 Å². The molecule has 11 atom stereocenters. The highest BCUT2D eigenvalue weighted by molar-refractivity contribution is 5.91. The number of hydrogen-bond donors (Lipinski definition) is 2. The Morgan fingerprint density at radius 1 is 1.13 bits per heavy atom. The van der Waals surface area contributed by atoms with Crippen molar-refractivity contribution in [3.63, 3.8) is 0 Å². The van der Waals surface area contributed by atoms with E-state index in [1.807, 2.05) is 0 Å². The van der Waals surface area contributed by atoms with Crippen LogP contribution in [0.1, 0.15) is 58.8 Å². The second-order valence-corrected chi connectivity index (χ2v) is 11.6. The molecular weight excluding hydrogens is 380 g/mol. The summed E-state index contributed by atoms with van der Waals surface area (Å²) in [5, 5.41) is 15.9. The molecule has 2 N–H and O–H groups in total. The lowest BCUT2D eigenvalue weighted by Gasteiger charge is -2.60. The van der Waals surface area contributed by atoms with Crippen LogP contribution in [0.4, 0.5) is 0 Å². The fraction of sp³-hybridized carbons (Fsp3) is 0.917. The van der Waals surface area contributed by atoms with Crippen molar-refractivity contribution in [3.8, 4) is 0 Å². The molecule has 4 unspecified atom stereocenters. The number of carbonyl (C=O) groups is 2. The van der Waals surface area contributed by atoms with Crippen LogP contribution in [0.3, 0.4) is 0 Å². The maximum absolute atomic E-state index is 13.7. The largest absolute Gasteiger partial charge is 0.396 e. The zero-order valence-electron chi connectivity index (χ0n) is 18.3. The smallest absolute Gasteiger partial charge is 0.142 e. The number of hydrogen-bond acceptors (Lipinski definition) is 6. The fourth-order valence-electron chi connectivity index (χ4n) is 8.74. The molecule has 2 heterocycles. The number of aliphatic hydroxyl groups is 1. The van der Waals surface area contributed by atoms with Gasteiger partial charge in [-0.1, -0.05) is 13.8 Å². The molecule has 6 rings (SSSR count). The van der Waals surface area contributed by atoms with E-state index in [2.05, 4.69) is 24.2 Å². The molecule has 2 saturated heterocycles. The number of hydroxylamine groups is 2. The Hall–Kier alpha value is -0.820. The van der Waals surface area contributed by atoms with Crippen molar-refractivity contribution in [3.05, 3.63) is 0 Å². The average molecular weight is 417 g/mol. The van der Waals surface area contributed by atoms with E-state index in [9.17, 15) is 14.7 Å². The third-order valence-electron chi connectivity index (χ3n) is 10.5. The molecule has 0 bridgehead atoms. The Bertz CT molecular complexity index is 766. The molecule has 166 valence electrons. The van der Waals surface area contributed by atoms with Gasteiger partial charge >= 0.3 is 0 Å². The standard InChI is InChI=1S/C24H36N2O4/c1-23-7-5-16-21(15(23)3-4-20(23)28)22(29)14(12-27)17-9-18-19(10-24(16,17)2)26(18)30-13-6-8-25-11-13/h13-19,21,25,27H,3-12H2,1-2H3/t13-,14-,15+,16+,17?,18?,19?,21+,23+,24-,26?/m1/s1. The predicted octanol–water partition coefficient (Wildman–Crippen LogP) is 1.95. The second-order valence-electron chi connectivity index (χ2n) is 11.6. The van der Waals surface area contributed by atoms with Crippen LogP contribution in [0.25, 0.3) is 0 Å². The van der Waals surface area contributed by atoms with Crippen LogP contribution in [0.2, 0.25) is 0 Å². The maximum atomic E-state index is 13.7. The van der Waals surface area contributed by atoms with Gasteiger partial charge in [-0.3, -0.25) is 14.4 Å². The van der Waals surface area contributed by atoms with Gasteiger partial charge in [0.2, 0.25) is 0 Å². The molecule has 0 amide bonds. The Morgan fingerprint density at radius 2 is 1.97 bits per heavy atom. The van der Waals surface area contributed by atoms with Gasteiger partial charge < -0.3 is 10.4 Å². The van der Waals surface area contributed by atoms with Crippen LogP contribution in [0.5, 0.6) is 0 Å². The van der Waals surface area contributed by atoms with E-state index in [0.717, 1.165) is 51.6 Å². The number of carbonyl (C=O) groups excluding carboxylic acids is 2. The summed E-state index contributed by atoms with van der Waals surface area (Å²) in [7, 11) is 0. The molecule has 0 radical (unpaired) electrons. The van der Waals surface area contributed by atoms with Gasteiger partial charge in [-0.05, 0) is 68.2 Å². The lowest BCUT2D eigenvalue weighted by atomic mass is 9.43. The number of fused-ring (bicyclic) bond motifs is 6. The van der Waals surface area contributed by atoms with Gasteiger partial charge in [0.15, 0.2) is 0 Å². The average Bonchev–Trinajstić information content (AvgIpc) is 3.05. The maximum Gasteiger partial charge on any atom is 0.142 e. The summed E-state index contributed by atoms with van der Waals surface area (Å²) >= 11 is 0. The third-order valence-corrected chi connectivity index (χ3v) is 10.5. The van der Waals surface area contributed by atoms with Gasteiger partial charge in [0, 0.05) is 30.2 Å². The highest BCUT2D eigenvalue weighted by atomic mass is 16.7. The lowest BCUT2D eigenvalue weighted by molar-refractivity contribution is -0.168. The highest BCUT2D eigenvalue weighted by Gasteiger charge is 2.69. The van der Waals surface area contributed by atoms with Crippen molar-refractivity contribution in [2.45, 2.75) is 77.0 Å². The van der Waals surface area contributed by atoms with Crippen LogP contribution in [0.15, 0.2) is 0 Å². The summed E-state index contributed by atoms with van der Waals surface area (Å²) in [5.41, 5.74) is -0.270. The SMILES string of the molecule is C[C@]12CC3C(CC1[C@@H](CO)C(=O)[C@@H]1[C@@H]2CC[C@]2(C)C(=O)CC[C@@H]12)N3O[C@@H]1CCNC1. The van der Waals surface area contributed by atoms with Crippen molar-refractivity contribution in [2.24, 2.45) is 40.4 Å². The van der Waals surface area contributed by atoms with Crippen LogP contribution in [0, 0.1) is 40.4 Å². The minimum atomic E-state index is -0.318. The zero-order valence-corrected chi connectivity index (χ0v) is 18.3. The van der Waals surface area contributed by atoms with Crippen molar-refractivity contribution < 1.29 is 19.5 Å². The summed E-state index contributed by atoms with van der Waals surface area (Å²) in [5.74, 6) is 1.07. The molecule has 0 aromatic carbocycles. The minimum Gasteiger partial charge on any atom is -0.396 e. The Labute approximate surface area is 179 Å². The number of rotatable bonds is 3. The monoisotopic (exact) mass is 416 g/mol. The lowest BCUT2D eigenvalue weighted by Crippen LogP contribution is -2.61. The van der Waals surface area contributed by atoms with E-state index in [-0.39, 0.29) is 53.0 Å². The zero-order chi connectivity index (χ0) is 20.8. The second kappa shape index (κ2) is 6.60. The van der Waals surface area contributed by atoms with Gasteiger partial charge in [-0.2, -0.15) is 5.06 Å². The Kier molecular flexibility index (Phi) is 4.36. The van der Waals surface area contributed by atoms with E-state index in [4.69, 9.17) is 4.84 Å². The molecule has 4 aliphatic carbocycles. The van der Waals surface area contributed by atoms with Crippen molar-refractivity contribution >= 4 is 11.6 Å². The Morgan fingerprint density at radius 3 is 2.70 bits per heavy atom. The number of nitrogens with one attached hydrogen (secondary N) is 1. The van der Waals surface area contributed by atoms with E-state index in [0.29, 0.717) is 30.2 Å². The predicted molar refractivity (Wildman–Crippen MR) is 110 cm³/mol. The first-order valence-corrected chi connectivity index (χ1v) is 12.2. The topological polar surface area (TPSA) is 78.6 Å². The summed E-state index contributed by atoms with van der Waals surface area (Å²) < 4.78 is 0. The third kappa shape index (κ3) is 2.51. The quantitative estimate of drug-likeness (QED) is 0.685. The summed E-state index contributed by atoms with van der Waals surface area (Å²) in [6.07, 6.45) is 6.75. The molecule has 6 aliphatic rings. The first kappa shape index (κ1) is 19.8. The molecular formula is C24H36N2O4.